The lowest BCUT2D eigenvalue weighted by atomic mass is 10.2. The molecule has 0 atom stereocenters. The molecule has 0 bridgehead atoms. The summed E-state index contributed by atoms with van der Waals surface area (Å²) in [5, 5.41) is 11.1. The highest BCUT2D eigenvalue weighted by atomic mass is 32.2. The van der Waals surface area contributed by atoms with Gasteiger partial charge in [0.2, 0.25) is 19.7 Å². The van der Waals surface area contributed by atoms with E-state index in [9.17, 15) is 26.4 Å². The first-order valence-corrected chi connectivity index (χ1v) is 22.3. The molecule has 2 amide bonds. The summed E-state index contributed by atoms with van der Waals surface area (Å²) in [7, 11) is -5.68. The van der Waals surface area contributed by atoms with E-state index in [1.807, 2.05) is 18.2 Å². The molecule has 18 heteroatoms. The fraction of sp³-hybridized carbons (Fsp3) is 0.0930. The van der Waals surface area contributed by atoms with Crippen molar-refractivity contribution < 1.29 is 30.8 Å². The Balaban J connectivity index is 0.000000169. The number of hydrogen-bond acceptors (Lipinski definition) is 13. The van der Waals surface area contributed by atoms with Gasteiger partial charge in [-0.25, -0.2) is 26.8 Å². The average molecular weight is 871 g/mol. The molecule has 0 fully saturated rings. The molecule has 0 aliphatic rings. The third kappa shape index (κ3) is 8.63. The van der Waals surface area contributed by atoms with Gasteiger partial charge in [-0.05, 0) is 84.8 Å². The zero-order valence-corrected chi connectivity index (χ0v) is 34.8. The zero-order chi connectivity index (χ0) is 42.7. The molecule has 9 rings (SSSR count). The average Bonchev–Trinajstić information content (AvgIpc) is 4.04. The van der Waals surface area contributed by atoms with E-state index in [2.05, 4.69) is 35.7 Å². The number of carbonyl (C=O) groups is 2. The Morgan fingerprint density at radius 1 is 0.754 bits per heavy atom. The predicted octanol–water partition coefficient (Wildman–Crippen LogP) is 6.63. The van der Waals surface area contributed by atoms with Gasteiger partial charge in [-0.2, -0.15) is 5.10 Å². The number of amides is 2. The fourth-order valence-electron chi connectivity index (χ4n) is 6.32. The number of pyridine rings is 1. The SMILES string of the molecule is Cc1cncc(S(=O)(=O)c2ccc(CNC(=O)c3cc4ccncc4o3)cc2)n1.Cn1ncc2c(S(=O)(=O)c3ccc(CNC(=O)c4ccc5ncsc5c4)cc3)cccc21. The molecular weight excluding hydrogens is 837 g/mol. The molecule has 4 aromatic carbocycles. The van der Waals surface area contributed by atoms with Crippen molar-refractivity contribution in [3.05, 3.63) is 162 Å². The van der Waals surface area contributed by atoms with Crippen LogP contribution >= 0.6 is 11.3 Å². The fourth-order valence-corrected chi connectivity index (χ4v) is 9.69. The smallest absolute Gasteiger partial charge is 0.287 e. The van der Waals surface area contributed by atoms with Gasteiger partial charge in [0.1, 0.15) is 0 Å². The number of aromatic nitrogens is 6. The second-order valence-corrected chi connectivity index (χ2v) is 18.4. The molecule has 61 heavy (non-hydrogen) atoms. The third-order valence-corrected chi connectivity index (χ3v) is 13.8. The number of sulfone groups is 2. The van der Waals surface area contributed by atoms with Crippen LogP contribution in [0.3, 0.4) is 0 Å². The van der Waals surface area contributed by atoms with Crippen molar-refractivity contribution in [2.75, 3.05) is 0 Å². The normalized spacial score (nSPS) is 11.6. The summed E-state index contributed by atoms with van der Waals surface area (Å²) in [4.78, 5) is 41.4. The summed E-state index contributed by atoms with van der Waals surface area (Å²) < 4.78 is 59.7. The van der Waals surface area contributed by atoms with Crippen molar-refractivity contribution in [1.29, 1.82) is 0 Å². The maximum absolute atomic E-state index is 13.2. The van der Waals surface area contributed by atoms with Crippen LogP contribution in [0.15, 0.2) is 158 Å². The van der Waals surface area contributed by atoms with Crippen molar-refractivity contribution in [3.63, 3.8) is 0 Å². The number of thiazole rings is 1. The van der Waals surface area contributed by atoms with Gasteiger partial charge in [-0.3, -0.25) is 24.2 Å². The first-order chi connectivity index (χ1) is 29.4. The third-order valence-electron chi connectivity index (χ3n) is 9.56. The van der Waals surface area contributed by atoms with Gasteiger partial charge in [-0.15, -0.1) is 11.3 Å². The highest BCUT2D eigenvalue weighted by Gasteiger charge is 2.22. The number of carbonyl (C=O) groups excluding carboxylic acids is 2. The van der Waals surface area contributed by atoms with Crippen LogP contribution < -0.4 is 10.6 Å². The Hall–Kier alpha value is -7.15. The van der Waals surface area contributed by atoms with E-state index in [0.717, 1.165) is 32.2 Å². The molecule has 5 aromatic heterocycles. The number of benzene rings is 4. The van der Waals surface area contributed by atoms with E-state index in [-0.39, 0.29) is 50.4 Å². The molecule has 9 aromatic rings. The minimum absolute atomic E-state index is 0.0991. The number of furan rings is 1. The largest absolute Gasteiger partial charge is 0.449 e. The van der Waals surface area contributed by atoms with Crippen LogP contribution in [0.25, 0.3) is 32.1 Å². The van der Waals surface area contributed by atoms with Crippen molar-refractivity contribution in [3.8, 4) is 0 Å². The molecule has 15 nitrogen and oxygen atoms in total. The molecule has 0 unspecified atom stereocenters. The van der Waals surface area contributed by atoms with Gasteiger partial charge in [0.05, 0.1) is 60.2 Å². The van der Waals surface area contributed by atoms with E-state index in [1.54, 1.807) is 109 Å². The van der Waals surface area contributed by atoms with Crippen LogP contribution in [-0.4, -0.2) is 58.4 Å². The molecular formula is C43H34N8O7S3. The molecule has 0 radical (unpaired) electrons. The summed E-state index contributed by atoms with van der Waals surface area (Å²) in [5.41, 5.74) is 6.52. The van der Waals surface area contributed by atoms with Gasteiger partial charge in [0.15, 0.2) is 16.4 Å². The van der Waals surface area contributed by atoms with Gasteiger partial charge in [-0.1, -0.05) is 30.3 Å². The molecule has 0 spiro atoms. The molecule has 5 heterocycles. The Morgan fingerprint density at radius 2 is 1.46 bits per heavy atom. The Morgan fingerprint density at radius 3 is 2.16 bits per heavy atom. The first kappa shape index (κ1) is 40.6. The second kappa shape index (κ2) is 16.8. The van der Waals surface area contributed by atoms with Crippen LogP contribution in [-0.2, 0) is 39.8 Å². The minimum Gasteiger partial charge on any atom is -0.449 e. The van der Waals surface area contributed by atoms with Crippen molar-refractivity contribution in [2.24, 2.45) is 7.05 Å². The lowest BCUT2D eigenvalue weighted by molar-refractivity contribution is 0.0923. The van der Waals surface area contributed by atoms with Gasteiger partial charge in [0, 0.05) is 48.9 Å². The summed E-state index contributed by atoms with van der Waals surface area (Å²) >= 11 is 1.48. The molecule has 306 valence electrons. The van der Waals surface area contributed by atoms with Crippen LogP contribution in [0.4, 0.5) is 0 Å². The monoisotopic (exact) mass is 870 g/mol. The Bertz CT molecular complexity index is 3280. The summed E-state index contributed by atoms with van der Waals surface area (Å²) in [5.74, 6) is -0.376. The number of nitrogens with zero attached hydrogens (tertiary/aromatic N) is 6. The number of nitrogens with one attached hydrogen (secondary N) is 2. The maximum Gasteiger partial charge on any atom is 0.287 e. The lowest BCUT2D eigenvalue weighted by Crippen LogP contribution is -2.22. The molecule has 2 N–H and O–H groups in total. The predicted molar refractivity (Wildman–Crippen MR) is 227 cm³/mol. The standard InChI is InChI=1S/C23H18N4O3S2.C20H16N4O4S/c1-27-20-3-2-4-22(18(20)13-26-27)32(29,30)17-8-5-15(6-9-17)12-24-23(28)16-7-10-19-21(11-16)31-14-25-19;1-13-9-22-12-19(24-13)29(26,27)16-4-2-14(3-5-16)10-23-20(25)17-8-15-6-7-21-11-18(15)28-17/h2-11,13-14H,12H2,1H3,(H,24,28);2-9,11-12H,10H2,1H3,(H,23,25). The minimum atomic E-state index is -3.75. The van der Waals surface area contributed by atoms with Crippen molar-refractivity contribution in [2.45, 2.75) is 39.7 Å². The van der Waals surface area contributed by atoms with Crippen molar-refractivity contribution in [1.82, 2.24) is 40.3 Å². The molecule has 0 aliphatic heterocycles. The van der Waals surface area contributed by atoms with E-state index < -0.39 is 19.7 Å². The summed E-state index contributed by atoms with van der Waals surface area (Å²) in [6.07, 6.45) is 7.44. The van der Waals surface area contributed by atoms with Crippen molar-refractivity contribution >= 4 is 74.9 Å². The number of aryl methyl sites for hydroxylation is 2. The molecule has 0 aliphatic carbocycles. The van der Waals surface area contributed by atoms with Gasteiger partial charge < -0.3 is 15.1 Å². The Labute approximate surface area is 353 Å². The van der Waals surface area contributed by atoms with Crippen LogP contribution in [0.2, 0.25) is 0 Å². The van der Waals surface area contributed by atoms with E-state index in [0.29, 0.717) is 22.2 Å². The van der Waals surface area contributed by atoms with Crippen LogP contribution in [0, 0.1) is 6.92 Å². The quantitative estimate of drug-likeness (QED) is 0.148. The van der Waals surface area contributed by atoms with E-state index in [4.69, 9.17) is 4.42 Å². The summed E-state index contributed by atoms with van der Waals surface area (Å²) in [6.45, 7) is 2.19. The molecule has 0 saturated carbocycles. The topological polar surface area (TPSA) is 209 Å². The Kier molecular flexibility index (Phi) is 11.2. The number of hydrogen-bond donors (Lipinski definition) is 2. The lowest BCUT2D eigenvalue weighted by Gasteiger charge is -2.09. The number of rotatable bonds is 10. The van der Waals surface area contributed by atoms with Crippen LogP contribution in [0.5, 0.6) is 0 Å². The highest BCUT2D eigenvalue weighted by molar-refractivity contribution is 7.92. The summed E-state index contributed by atoms with van der Waals surface area (Å²) in [6, 6.07) is 26.7. The van der Waals surface area contributed by atoms with E-state index >= 15 is 0 Å². The maximum atomic E-state index is 13.2. The number of fused-ring (bicyclic) bond motifs is 3. The molecule has 0 saturated heterocycles. The van der Waals surface area contributed by atoms with Crippen LogP contribution in [0.1, 0.15) is 37.7 Å². The van der Waals surface area contributed by atoms with Gasteiger partial charge >= 0.3 is 0 Å². The van der Waals surface area contributed by atoms with Gasteiger partial charge in [0.25, 0.3) is 11.8 Å². The second-order valence-electron chi connectivity index (χ2n) is 13.7. The first-order valence-electron chi connectivity index (χ1n) is 18.5. The highest BCUT2D eigenvalue weighted by Crippen LogP contribution is 2.28. The zero-order valence-electron chi connectivity index (χ0n) is 32.4. The van der Waals surface area contributed by atoms with E-state index in [1.165, 1.54) is 35.9 Å².